The van der Waals surface area contributed by atoms with Crippen LogP contribution in [0.15, 0.2) is 29.8 Å². The molecule has 2 heterocycles. The van der Waals surface area contributed by atoms with Gasteiger partial charge in [-0.3, -0.25) is 4.79 Å². The fraction of sp³-hybridized carbons (Fsp3) is 0.0909. The molecular weight excluding hydrogens is 258 g/mol. The molecule has 0 aliphatic carbocycles. The van der Waals surface area contributed by atoms with Crippen LogP contribution in [0, 0.1) is 0 Å². The Morgan fingerprint density at radius 3 is 3.06 bits per heavy atom. The molecular formula is C11H10ClN3OS. The summed E-state index contributed by atoms with van der Waals surface area (Å²) in [6.45, 7) is 0.587. The average molecular weight is 268 g/mol. The normalized spacial score (nSPS) is 10.2. The van der Waals surface area contributed by atoms with Gasteiger partial charge < -0.3 is 11.1 Å². The van der Waals surface area contributed by atoms with E-state index in [4.69, 9.17) is 17.3 Å². The number of amides is 1. The van der Waals surface area contributed by atoms with Crippen molar-refractivity contribution >= 4 is 34.5 Å². The molecule has 6 heteroatoms. The fourth-order valence-corrected chi connectivity index (χ4v) is 2.30. The first kappa shape index (κ1) is 11.9. The standard InChI is InChI=1S/C11H10ClN3OS/c12-10-9(2-1-3-14-10)15-5-8-4-7(6-17-8)11(13)16/h1-4,6,15H,5H2,(H2,13,16). The van der Waals surface area contributed by atoms with E-state index >= 15 is 0 Å². The Morgan fingerprint density at radius 1 is 1.59 bits per heavy atom. The summed E-state index contributed by atoms with van der Waals surface area (Å²) in [5.74, 6) is -0.410. The van der Waals surface area contributed by atoms with Gasteiger partial charge in [0.15, 0.2) is 5.15 Å². The van der Waals surface area contributed by atoms with Crippen LogP contribution in [0.3, 0.4) is 0 Å². The molecule has 0 saturated carbocycles. The zero-order valence-corrected chi connectivity index (χ0v) is 10.4. The molecule has 17 heavy (non-hydrogen) atoms. The predicted octanol–water partition coefficient (Wildman–Crippen LogP) is 2.51. The number of nitrogens with one attached hydrogen (secondary N) is 1. The van der Waals surface area contributed by atoms with E-state index in [-0.39, 0.29) is 0 Å². The largest absolute Gasteiger partial charge is 0.378 e. The number of carbonyl (C=O) groups is 1. The van der Waals surface area contributed by atoms with Crippen LogP contribution in [0.5, 0.6) is 0 Å². The van der Waals surface area contributed by atoms with E-state index in [0.717, 1.165) is 10.6 Å². The molecule has 2 aromatic heterocycles. The van der Waals surface area contributed by atoms with E-state index in [0.29, 0.717) is 17.3 Å². The molecule has 0 unspecified atom stereocenters. The Labute approximate surface area is 107 Å². The SMILES string of the molecule is NC(=O)c1csc(CNc2cccnc2Cl)c1. The second-order valence-electron chi connectivity index (χ2n) is 3.36. The Balaban J connectivity index is 2.02. The van der Waals surface area contributed by atoms with Crippen LogP contribution >= 0.6 is 22.9 Å². The second-order valence-corrected chi connectivity index (χ2v) is 4.72. The first-order valence-electron chi connectivity index (χ1n) is 4.88. The van der Waals surface area contributed by atoms with E-state index < -0.39 is 5.91 Å². The summed E-state index contributed by atoms with van der Waals surface area (Å²) in [7, 11) is 0. The maximum Gasteiger partial charge on any atom is 0.249 e. The first-order valence-corrected chi connectivity index (χ1v) is 6.14. The highest BCUT2D eigenvalue weighted by Crippen LogP contribution is 2.20. The second kappa shape index (κ2) is 5.16. The minimum absolute atomic E-state index is 0.410. The van der Waals surface area contributed by atoms with Gasteiger partial charge in [-0.1, -0.05) is 11.6 Å². The van der Waals surface area contributed by atoms with Crippen molar-refractivity contribution in [2.45, 2.75) is 6.54 Å². The first-order chi connectivity index (χ1) is 8.16. The average Bonchev–Trinajstić information content (AvgIpc) is 2.77. The van der Waals surface area contributed by atoms with Crippen LogP contribution in [0.2, 0.25) is 5.15 Å². The number of halogens is 1. The molecule has 4 nitrogen and oxygen atoms in total. The number of pyridine rings is 1. The molecule has 88 valence electrons. The highest BCUT2D eigenvalue weighted by Gasteiger charge is 2.05. The van der Waals surface area contributed by atoms with Crippen LogP contribution in [-0.4, -0.2) is 10.9 Å². The smallest absolute Gasteiger partial charge is 0.249 e. The third kappa shape index (κ3) is 2.95. The number of hydrogen-bond acceptors (Lipinski definition) is 4. The third-order valence-corrected chi connectivity index (χ3v) is 3.39. The van der Waals surface area contributed by atoms with Crippen molar-refractivity contribution < 1.29 is 4.79 Å². The molecule has 0 saturated heterocycles. The minimum atomic E-state index is -0.410. The zero-order chi connectivity index (χ0) is 12.3. The number of rotatable bonds is 4. The molecule has 0 radical (unpaired) electrons. The number of hydrogen-bond donors (Lipinski definition) is 2. The van der Waals surface area contributed by atoms with Gasteiger partial charge in [0.25, 0.3) is 0 Å². The Bertz CT molecular complexity index is 541. The number of anilines is 1. The van der Waals surface area contributed by atoms with Gasteiger partial charge in [0, 0.05) is 23.0 Å². The highest BCUT2D eigenvalue weighted by atomic mass is 35.5. The van der Waals surface area contributed by atoms with Crippen molar-refractivity contribution in [1.82, 2.24) is 4.98 Å². The molecule has 0 aliphatic heterocycles. The Morgan fingerprint density at radius 2 is 2.41 bits per heavy atom. The highest BCUT2D eigenvalue weighted by molar-refractivity contribution is 7.10. The number of nitrogens with two attached hydrogens (primary N) is 1. The summed E-state index contributed by atoms with van der Waals surface area (Å²) in [5.41, 5.74) is 6.47. The predicted molar refractivity (Wildman–Crippen MR) is 69.4 cm³/mol. The lowest BCUT2D eigenvalue weighted by Crippen LogP contribution is -2.09. The van der Waals surface area contributed by atoms with Gasteiger partial charge in [-0.05, 0) is 18.2 Å². The third-order valence-electron chi connectivity index (χ3n) is 2.15. The van der Waals surface area contributed by atoms with E-state index in [1.54, 1.807) is 23.7 Å². The molecule has 0 atom stereocenters. The van der Waals surface area contributed by atoms with Crippen molar-refractivity contribution in [2.75, 3.05) is 5.32 Å². The molecule has 2 rings (SSSR count). The van der Waals surface area contributed by atoms with Crippen LogP contribution in [0.1, 0.15) is 15.2 Å². The van der Waals surface area contributed by atoms with E-state index in [1.165, 1.54) is 11.3 Å². The van der Waals surface area contributed by atoms with Crippen LogP contribution < -0.4 is 11.1 Å². The van der Waals surface area contributed by atoms with E-state index in [1.807, 2.05) is 6.07 Å². The number of aromatic nitrogens is 1. The van der Waals surface area contributed by atoms with Gasteiger partial charge in [0.2, 0.25) is 5.91 Å². The molecule has 2 aromatic rings. The topological polar surface area (TPSA) is 68.0 Å². The summed E-state index contributed by atoms with van der Waals surface area (Å²) < 4.78 is 0. The molecule has 0 fully saturated rings. The lowest BCUT2D eigenvalue weighted by atomic mass is 10.3. The maximum absolute atomic E-state index is 10.9. The van der Waals surface area contributed by atoms with Crippen molar-refractivity contribution in [1.29, 1.82) is 0 Å². The lowest BCUT2D eigenvalue weighted by molar-refractivity contribution is 0.100. The van der Waals surface area contributed by atoms with Crippen molar-refractivity contribution in [3.63, 3.8) is 0 Å². The molecule has 0 aliphatic rings. The number of nitrogens with zero attached hydrogens (tertiary/aromatic N) is 1. The van der Waals surface area contributed by atoms with Gasteiger partial charge in [-0.15, -0.1) is 11.3 Å². The Hall–Kier alpha value is -1.59. The van der Waals surface area contributed by atoms with Crippen LogP contribution in [0.25, 0.3) is 0 Å². The van der Waals surface area contributed by atoms with Gasteiger partial charge in [-0.2, -0.15) is 0 Å². The summed E-state index contributed by atoms with van der Waals surface area (Å²) in [6.07, 6.45) is 1.63. The fourth-order valence-electron chi connectivity index (χ4n) is 1.30. The van der Waals surface area contributed by atoms with Crippen molar-refractivity contribution in [3.05, 3.63) is 45.4 Å². The molecule has 0 bridgehead atoms. The lowest BCUT2D eigenvalue weighted by Gasteiger charge is -2.05. The zero-order valence-electron chi connectivity index (χ0n) is 8.81. The summed E-state index contributed by atoms with van der Waals surface area (Å²) in [6, 6.07) is 5.42. The number of thiophene rings is 1. The number of carbonyl (C=O) groups excluding carboxylic acids is 1. The van der Waals surface area contributed by atoms with Crippen molar-refractivity contribution in [3.8, 4) is 0 Å². The Kier molecular flexibility index (Phi) is 3.61. The molecule has 1 amide bonds. The summed E-state index contributed by atoms with van der Waals surface area (Å²) in [5, 5.41) is 5.32. The maximum atomic E-state index is 10.9. The summed E-state index contributed by atoms with van der Waals surface area (Å²) in [4.78, 5) is 15.9. The van der Waals surface area contributed by atoms with Crippen molar-refractivity contribution in [2.24, 2.45) is 5.73 Å². The van der Waals surface area contributed by atoms with Crippen LogP contribution in [0.4, 0.5) is 5.69 Å². The van der Waals surface area contributed by atoms with Crippen LogP contribution in [-0.2, 0) is 6.54 Å². The van der Waals surface area contributed by atoms with Gasteiger partial charge in [0.1, 0.15) is 0 Å². The van der Waals surface area contributed by atoms with Gasteiger partial charge in [0.05, 0.1) is 11.3 Å². The van der Waals surface area contributed by atoms with E-state index in [2.05, 4.69) is 10.3 Å². The summed E-state index contributed by atoms with van der Waals surface area (Å²) >= 11 is 7.38. The molecule has 0 aromatic carbocycles. The van der Waals surface area contributed by atoms with E-state index in [9.17, 15) is 4.79 Å². The number of primary amides is 1. The quantitative estimate of drug-likeness (QED) is 0.837. The monoisotopic (exact) mass is 267 g/mol. The molecule has 0 spiro atoms. The minimum Gasteiger partial charge on any atom is -0.378 e. The van der Waals surface area contributed by atoms with Gasteiger partial charge in [-0.25, -0.2) is 4.98 Å². The van der Waals surface area contributed by atoms with Gasteiger partial charge >= 0.3 is 0 Å². The molecule has 3 N–H and O–H groups in total.